The lowest BCUT2D eigenvalue weighted by Crippen LogP contribution is -2.44. The Morgan fingerprint density at radius 2 is 2.12 bits per heavy atom. The molecule has 0 saturated heterocycles. The van der Waals surface area contributed by atoms with Crippen LogP contribution in [0.15, 0.2) is 16.5 Å². The van der Waals surface area contributed by atoms with Crippen LogP contribution in [0.1, 0.15) is 25.4 Å². The molecule has 0 fully saturated rings. The maximum absolute atomic E-state index is 11.9. The molecule has 4 nitrogen and oxygen atoms in total. The number of carbonyl (C=O) groups is 1. The molecule has 1 amide bonds. The molecule has 1 heterocycles. The fourth-order valence-corrected chi connectivity index (χ4v) is 1.42. The largest absolute Gasteiger partial charge is 0.464 e. The maximum atomic E-state index is 11.9. The minimum Gasteiger partial charge on any atom is -0.464 e. The Morgan fingerprint density at radius 3 is 2.56 bits per heavy atom. The van der Waals surface area contributed by atoms with E-state index in [1.807, 2.05) is 32.9 Å². The van der Waals surface area contributed by atoms with Gasteiger partial charge in [-0.25, -0.2) is 0 Å². The summed E-state index contributed by atoms with van der Waals surface area (Å²) in [7, 11) is 1.74. The van der Waals surface area contributed by atoms with Crippen molar-refractivity contribution in [3.8, 4) is 0 Å². The average Bonchev–Trinajstić information content (AvgIpc) is 2.61. The fraction of sp³-hybridized carbons (Fsp3) is 0.583. The van der Waals surface area contributed by atoms with E-state index in [1.54, 1.807) is 11.9 Å². The monoisotopic (exact) mass is 224 g/mol. The molecule has 0 bridgehead atoms. The van der Waals surface area contributed by atoms with E-state index in [4.69, 9.17) is 10.2 Å². The molecular weight excluding hydrogens is 204 g/mol. The highest BCUT2D eigenvalue weighted by atomic mass is 16.3. The van der Waals surface area contributed by atoms with Crippen LogP contribution in [0.5, 0.6) is 0 Å². The molecule has 0 saturated carbocycles. The number of aryl methyl sites for hydroxylation is 1. The number of nitrogens with zero attached hydrogens (tertiary/aromatic N) is 1. The number of rotatable bonds is 4. The minimum atomic E-state index is -0.443. The van der Waals surface area contributed by atoms with Gasteiger partial charge in [0, 0.05) is 7.05 Å². The van der Waals surface area contributed by atoms with Gasteiger partial charge in [-0.15, -0.1) is 0 Å². The molecule has 1 atom stereocenters. The normalized spacial score (nSPS) is 12.9. The van der Waals surface area contributed by atoms with Crippen LogP contribution in [-0.2, 0) is 11.3 Å². The quantitative estimate of drug-likeness (QED) is 0.843. The molecule has 2 N–H and O–H groups in total. The molecule has 1 aromatic heterocycles. The summed E-state index contributed by atoms with van der Waals surface area (Å²) < 4.78 is 5.41. The number of amides is 1. The summed E-state index contributed by atoms with van der Waals surface area (Å²) in [5, 5.41) is 0. The second kappa shape index (κ2) is 5.16. The second-order valence-corrected chi connectivity index (χ2v) is 4.48. The van der Waals surface area contributed by atoms with E-state index < -0.39 is 6.04 Å². The highest BCUT2D eigenvalue weighted by Gasteiger charge is 2.21. The zero-order chi connectivity index (χ0) is 12.3. The van der Waals surface area contributed by atoms with Gasteiger partial charge in [0.2, 0.25) is 5.91 Å². The van der Waals surface area contributed by atoms with Crippen LogP contribution in [-0.4, -0.2) is 23.9 Å². The van der Waals surface area contributed by atoms with Crippen molar-refractivity contribution in [1.29, 1.82) is 0 Å². The van der Waals surface area contributed by atoms with Crippen molar-refractivity contribution in [3.63, 3.8) is 0 Å². The Hall–Kier alpha value is -1.29. The topological polar surface area (TPSA) is 59.5 Å². The minimum absolute atomic E-state index is 0.0518. The maximum Gasteiger partial charge on any atom is 0.239 e. The van der Waals surface area contributed by atoms with Crippen molar-refractivity contribution in [2.24, 2.45) is 11.7 Å². The number of likely N-dealkylation sites (N-methyl/N-ethyl adjacent to an activating group) is 1. The molecule has 0 radical (unpaired) electrons. The van der Waals surface area contributed by atoms with E-state index in [-0.39, 0.29) is 11.8 Å². The predicted molar refractivity (Wildman–Crippen MR) is 62.7 cm³/mol. The van der Waals surface area contributed by atoms with Crippen LogP contribution >= 0.6 is 0 Å². The van der Waals surface area contributed by atoms with Gasteiger partial charge < -0.3 is 15.1 Å². The van der Waals surface area contributed by atoms with Gasteiger partial charge in [0.25, 0.3) is 0 Å². The van der Waals surface area contributed by atoms with E-state index in [9.17, 15) is 4.79 Å². The van der Waals surface area contributed by atoms with Crippen molar-refractivity contribution < 1.29 is 9.21 Å². The van der Waals surface area contributed by atoms with E-state index in [0.29, 0.717) is 6.54 Å². The van der Waals surface area contributed by atoms with Gasteiger partial charge in [0.15, 0.2) is 0 Å². The van der Waals surface area contributed by atoms with Gasteiger partial charge in [0.1, 0.15) is 11.5 Å². The van der Waals surface area contributed by atoms with E-state index in [2.05, 4.69) is 0 Å². The highest BCUT2D eigenvalue weighted by Crippen LogP contribution is 2.10. The van der Waals surface area contributed by atoms with E-state index in [0.717, 1.165) is 11.5 Å². The smallest absolute Gasteiger partial charge is 0.239 e. The van der Waals surface area contributed by atoms with Gasteiger partial charge in [-0.2, -0.15) is 0 Å². The van der Waals surface area contributed by atoms with Crippen molar-refractivity contribution in [1.82, 2.24) is 4.90 Å². The predicted octanol–water partition coefficient (Wildman–Crippen LogP) is 1.53. The van der Waals surface area contributed by atoms with Gasteiger partial charge in [-0.1, -0.05) is 13.8 Å². The Balaban J connectivity index is 2.58. The summed E-state index contributed by atoms with van der Waals surface area (Å²) in [6.45, 7) is 6.22. The first-order valence-electron chi connectivity index (χ1n) is 5.47. The third-order valence-electron chi connectivity index (χ3n) is 2.57. The van der Waals surface area contributed by atoms with Gasteiger partial charge in [0.05, 0.1) is 12.6 Å². The number of nitrogens with two attached hydrogens (primary N) is 1. The number of hydrogen-bond donors (Lipinski definition) is 1. The molecule has 0 aliphatic heterocycles. The summed E-state index contributed by atoms with van der Waals surface area (Å²) in [6.07, 6.45) is 0. The molecule has 0 aromatic carbocycles. The number of furan rings is 1. The molecule has 0 unspecified atom stereocenters. The molecule has 4 heteroatoms. The van der Waals surface area contributed by atoms with Crippen LogP contribution in [0.2, 0.25) is 0 Å². The molecule has 90 valence electrons. The second-order valence-electron chi connectivity index (χ2n) is 4.48. The Morgan fingerprint density at radius 1 is 1.50 bits per heavy atom. The first-order valence-corrected chi connectivity index (χ1v) is 5.47. The highest BCUT2D eigenvalue weighted by molar-refractivity contribution is 5.81. The fourth-order valence-electron chi connectivity index (χ4n) is 1.42. The average molecular weight is 224 g/mol. The van der Waals surface area contributed by atoms with Gasteiger partial charge in [-0.05, 0) is 25.0 Å². The molecule has 0 aliphatic carbocycles. The Bertz CT molecular complexity index is 358. The third kappa shape index (κ3) is 3.10. The van der Waals surface area contributed by atoms with Gasteiger partial charge in [-0.3, -0.25) is 4.79 Å². The number of carbonyl (C=O) groups excluding carboxylic acids is 1. The van der Waals surface area contributed by atoms with Crippen LogP contribution in [0.25, 0.3) is 0 Å². The summed E-state index contributed by atoms with van der Waals surface area (Å²) in [6, 6.07) is 3.32. The van der Waals surface area contributed by atoms with Crippen molar-refractivity contribution in [2.75, 3.05) is 7.05 Å². The van der Waals surface area contributed by atoms with E-state index >= 15 is 0 Å². The summed E-state index contributed by atoms with van der Waals surface area (Å²) in [5.74, 6) is 1.73. The molecule has 0 spiro atoms. The first-order chi connectivity index (χ1) is 7.41. The SMILES string of the molecule is Cc1ccc(CN(C)C(=O)[C@H](N)C(C)C)o1. The van der Waals surface area contributed by atoms with E-state index in [1.165, 1.54) is 0 Å². The first kappa shape index (κ1) is 12.8. The van der Waals surface area contributed by atoms with Crippen molar-refractivity contribution >= 4 is 5.91 Å². The lowest BCUT2D eigenvalue weighted by Gasteiger charge is -2.22. The van der Waals surface area contributed by atoms with Crippen LogP contribution in [0, 0.1) is 12.8 Å². The molecule has 0 aliphatic rings. The summed E-state index contributed by atoms with van der Waals surface area (Å²) in [5.41, 5.74) is 5.80. The summed E-state index contributed by atoms with van der Waals surface area (Å²) in [4.78, 5) is 13.5. The van der Waals surface area contributed by atoms with Crippen molar-refractivity contribution in [3.05, 3.63) is 23.7 Å². The molecule has 16 heavy (non-hydrogen) atoms. The zero-order valence-electron chi connectivity index (χ0n) is 10.4. The number of hydrogen-bond acceptors (Lipinski definition) is 3. The van der Waals surface area contributed by atoms with Crippen molar-refractivity contribution in [2.45, 2.75) is 33.4 Å². The zero-order valence-corrected chi connectivity index (χ0v) is 10.4. The van der Waals surface area contributed by atoms with Gasteiger partial charge >= 0.3 is 0 Å². The van der Waals surface area contributed by atoms with Crippen LogP contribution < -0.4 is 5.73 Å². The lowest BCUT2D eigenvalue weighted by atomic mass is 10.0. The molecule has 1 aromatic rings. The third-order valence-corrected chi connectivity index (χ3v) is 2.57. The Kier molecular flexibility index (Phi) is 4.12. The standard InChI is InChI=1S/C12H20N2O2/c1-8(2)11(13)12(15)14(4)7-10-6-5-9(3)16-10/h5-6,8,11H,7,13H2,1-4H3/t11-/m1/s1. The Labute approximate surface area is 96.4 Å². The summed E-state index contributed by atoms with van der Waals surface area (Å²) >= 11 is 0. The lowest BCUT2D eigenvalue weighted by molar-refractivity contribution is -0.133. The van der Waals surface area contributed by atoms with Crippen LogP contribution in [0.4, 0.5) is 0 Å². The molecular formula is C12H20N2O2. The van der Waals surface area contributed by atoms with Crippen LogP contribution in [0.3, 0.4) is 0 Å². The molecule has 1 rings (SSSR count).